The molecule has 5 heteroatoms. The van der Waals surface area contributed by atoms with Crippen molar-refractivity contribution in [1.29, 1.82) is 0 Å². The van der Waals surface area contributed by atoms with E-state index in [-0.39, 0.29) is 31.2 Å². The highest BCUT2D eigenvalue weighted by atomic mass is 19.3. The third-order valence-corrected chi connectivity index (χ3v) is 4.82. The predicted octanol–water partition coefficient (Wildman–Crippen LogP) is 4.69. The van der Waals surface area contributed by atoms with Crippen molar-refractivity contribution < 1.29 is 23.0 Å². The van der Waals surface area contributed by atoms with E-state index in [1.807, 2.05) is 6.92 Å². The normalized spacial score (nSPS) is 28.9. The molecule has 1 heterocycles. The fraction of sp³-hybridized carbons (Fsp3) is 0.889. The average molecular weight is 331 g/mol. The minimum Gasteiger partial charge on any atom is -0.353 e. The van der Waals surface area contributed by atoms with E-state index >= 15 is 0 Å². The Kier molecular flexibility index (Phi) is 7.41. The minimum atomic E-state index is -3.17. The third-order valence-electron chi connectivity index (χ3n) is 4.82. The molecule has 0 amide bonds. The number of halogens is 2. The van der Waals surface area contributed by atoms with Crippen LogP contribution in [0.5, 0.6) is 0 Å². The zero-order valence-electron chi connectivity index (χ0n) is 14.1. The summed E-state index contributed by atoms with van der Waals surface area (Å²) in [5.74, 6) is -4.00. The van der Waals surface area contributed by atoms with Crippen LogP contribution in [0.4, 0.5) is 8.78 Å². The summed E-state index contributed by atoms with van der Waals surface area (Å²) in [6, 6.07) is 0. The maximum Gasteiger partial charge on any atom is 0.305 e. The first-order valence-electron chi connectivity index (χ1n) is 9.04. The van der Waals surface area contributed by atoms with E-state index in [2.05, 4.69) is 6.42 Å². The second kappa shape index (κ2) is 9.07. The fourth-order valence-electron chi connectivity index (χ4n) is 3.35. The standard InChI is InChI=1S/C18H29F2O3/c1-2-3-12-18(19,20)16(21)11-10-14-7-6-8-15(14)23-17-9-4-5-13-22-17/h7,14-15,17H,2-6,8-13H2,1H3. The van der Waals surface area contributed by atoms with Crippen LogP contribution in [-0.2, 0) is 14.3 Å². The Bertz CT molecular complexity index is 367. The van der Waals surface area contributed by atoms with Gasteiger partial charge in [-0.2, -0.15) is 8.78 Å². The van der Waals surface area contributed by atoms with Gasteiger partial charge in [0, 0.05) is 19.4 Å². The van der Waals surface area contributed by atoms with Crippen molar-refractivity contribution in [3.63, 3.8) is 0 Å². The van der Waals surface area contributed by atoms with Gasteiger partial charge in [-0.3, -0.25) is 4.79 Å². The molecule has 1 aliphatic carbocycles. The molecule has 0 aromatic rings. The lowest BCUT2D eigenvalue weighted by Gasteiger charge is -2.29. The van der Waals surface area contributed by atoms with Gasteiger partial charge in [-0.15, -0.1) is 0 Å². The molecule has 23 heavy (non-hydrogen) atoms. The van der Waals surface area contributed by atoms with Gasteiger partial charge in [-0.25, -0.2) is 0 Å². The number of ether oxygens (including phenoxy) is 2. The number of unbranched alkanes of at least 4 members (excludes halogenated alkanes) is 1. The van der Waals surface area contributed by atoms with E-state index in [0.717, 1.165) is 38.7 Å². The highest BCUT2D eigenvalue weighted by Gasteiger charge is 2.38. The Hall–Kier alpha value is -0.550. The third kappa shape index (κ3) is 5.79. The summed E-state index contributed by atoms with van der Waals surface area (Å²) < 4.78 is 39.1. The predicted molar refractivity (Wildman–Crippen MR) is 84.2 cm³/mol. The number of hydrogen-bond donors (Lipinski definition) is 0. The smallest absolute Gasteiger partial charge is 0.305 e. The summed E-state index contributed by atoms with van der Waals surface area (Å²) in [5.41, 5.74) is 0. The van der Waals surface area contributed by atoms with Crippen molar-refractivity contribution in [3.05, 3.63) is 6.42 Å². The first kappa shape index (κ1) is 18.8. The molecule has 133 valence electrons. The van der Waals surface area contributed by atoms with Crippen molar-refractivity contribution >= 4 is 5.78 Å². The molecule has 3 atom stereocenters. The van der Waals surface area contributed by atoms with Gasteiger partial charge in [0.2, 0.25) is 5.78 Å². The fourth-order valence-corrected chi connectivity index (χ4v) is 3.35. The molecule has 2 fully saturated rings. The Morgan fingerprint density at radius 3 is 2.87 bits per heavy atom. The van der Waals surface area contributed by atoms with Crippen molar-refractivity contribution in [1.82, 2.24) is 0 Å². The second-order valence-electron chi connectivity index (χ2n) is 6.72. The van der Waals surface area contributed by atoms with Gasteiger partial charge in [0.1, 0.15) is 0 Å². The molecule has 0 spiro atoms. The number of carbonyl (C=O) groups excluding carboxylic acids is 1. The van der Waals surface area contributed by atoms with Crippen LogP contribution >= 0.6 is 0 Å². The van der Waals surface area contributed by atoms with Crippen LogP contribution in [0.3, 0.4) is 0 Å². The molecule has 0 bridgehead atoms. The van der Waals surface area contributed by atoms with Gasteiger partial charge in [-0.1, -0.05) is 13.3 Å². The van der Waals surface area contributed by atoms with Crippen LogP contribution in [0.25, 0.3) is 0 Å². The number of Topliss-reactive ketones (excluding diaryl/α,β-unsaturated/α-hetero) is 1. The zero-order chi connectivity index (χ0) is 16.7. The van der Waals surface area contributed by atoms with Crippen LogP contribution in [0, 0.1) is 12.3 Å². The van der Waals surface area contributed by atoms with E-state index in [4.69, 9.17) is 9.47 Å². The van der Waals surface area contributed by atoms with Crippen molar-refractivity contribution in [3.8, 4) is 0 Å². The van der Waals surface area contributed by atoms with E-state index in [0.29, 0.717) is 19.3 Å². The number of rotatable bonds is 9. The highest BCUT2D eigenvalue weighted by Crippen LogP contribution is 2.34. The molecule has 0 aromatic heterocycles. The Balaban J connectivity index is 1.75. The lowest BCUT2D eigenvalue weighted by molar-refractivity contribution is -0.193. The molecular weight excluding hydrogens is 302 g/mol. The molecule has 0 N–H and O–H groups in total. The van der Waals surface area contributed by atoms with Gasteiger partial charge in [-0.05, 0) is 57.3 Å². The lowest BCUT2D eigenvalue weighted by Crippen LogP contribution is -2.32. The Morgan fingerprint density at radius 1 is 1.35 bits per heavy atom. The number of alkyl halides is 2. The van der Waals surface area contributed by atoms with Crippen LogP contribution < -0.4 is 0 Å². The zero-order valence-corrected chi connectivity index (χ0v) is 14.1. The quantitative estimate of drug-likeness (QED) is 0.615. The van der Waals surface area contributed by atoms with Crippen molar-refractivity contribution in [2.24, 2.45) is 5.92 Å². The molecule has 3 nitrogen and oxygen atoms in total. The molecule has 3 unspecified atom stereocenters. The summed E-state index contributed by atoms with van der Waals surface area (Å²) in [5, 5.41) is 0. The van der Waals surface area contributed by atoms with Crippen molar-refractivity contribution in [2.45, 2.75) is 89.4 Å². The monoisotopic (exact) mass is 331 g/mol. The van der Waals surface area contributed by atoms with E-state index in [1.54, 1.807) is 0 Å². The largest absolute Gasteiger partial charge is 0.353 e. The number of hydrogen-bond acceptors (Lipinski definition) is 3. The van der Waals surface area contributed by atoms with Gasteiger partial charge in [0.05, 0.1) is 6.10 Å². The Labute approximate surface area is 138 Å². The first-order valence-corrected chi connectivity index (χ1v) is 9.04. The van der Waals surface area contributed by atoms with Crippen LogP contribution in [0.1, 0.15) is 71.1 Å². The Morgan fingerprint density at radius 2 is 2.17 bits per heavy atom. The second-order valence-corrected chi connectivity index (χ2v) is 6.72. The van der Waals surface area contributed by atoms with Gasteiger partial charge in [0.15, 0.2) is 6.29 Å². The molecule has 1 aliphatic heterocycles. The van der Waals surface area contributed by atoms with E-state index in [9.17, 15) is 13.6 Å². The average Bonchev–Trinajstić information content (AvgIpc) is 2.98. The summed E-state index contributed by atoms with van der Waals surface area (Å²) >= 11 is 0. The molecule has 2 aliphatic rings. The van der Waals surface area contributed by atoms with Crippen LogP contribution in [-0.4, -0.2) is 30.7 Å². The summed E-state index contributed by atoms with van der Waals surface area (Å²) in [6.07, 6.45) is 7.98. The number of ketones is 1. The van der Waals surface area contributed by atoms with Crippen LogP contribution in [0.2, 0.25) is 0 Å². The first-order chi connectivity index (χ1) is 11.0. The number of carbonyl (C=O) groups is 1. The van der Waals surface area contributed by atoms with Gasteiger partial charge in [0.25, 0.3) is 0 Å². The minimum absolute atomic E-state index is 0.00941. The highest BCUT2D eigenvalue weighted by molar-refractivity contribution is 5.85. The molecule has 0 aromatic carbocycles. The summed E-state index contributed by atoms with van der Waals surface area (Å²) in [4.78, 5) is 11.8. The maximum absolute atomic E-state index is 13.7. The lowest BCUT2D eigenvalue weighted by atomic mass is 9.95. The summed E-state index contributed by atoms with van der Waals surface area (Å²) in [7, 11) is 0. The molecule has 1 saturated heterocycles. The molecule has 2 rings (SSSR count). The maximum atomic E-state index is 13.7. The van der Waals surface area contributed by atoms with Crippen molar-refractivity contribution in [2.75, 3.05) is 6.61 Å². The van der Waals surface area contributed by atoms with Gasteiger partial charge >= 0.3 is 5.92 Å². The van der Waals surface area contributed by atoms with Gasteiger partial charge < -0.3 is 9.47 Å². The van der Waals surface area contributed by atoms with E-state index < -0.39 is 11.7 Å². The summed E-state index contributed by atoms with van der Waals surface area (Å²) in [6.45, 7) is 2.58. The SMILES string of the molecule is CCCCC(F)(F)C(=O)CCC1[CH]CCC1OC1CCCCO1. The molecule has 1 radical (unpaired) electrons. The topological polar surface area (TPSA) is 35.5 Å². The molecule has 1 saturated carbocycles. The molecular formula is C18H29F2O3. The van der Waals surface area contributed by atoms with Crippen LogP contribution in [0.15, 0.2) is 0 Å². The van der Waals surface area contributed by atoms with E-state index in [1.165, 1.54) is 0 Å².